The van der Waals surface area contributed by atoms with Crippen LogP contribution in [0.3, 0.4) is 0 Å². The molecule has 0 unspecified atom stereocenters. The van der Waals surface area contributed by atoms with Crippen LogP contribution in [-0.2, 0) is 10.9 Å². The third kappa shape index (κ3) is 5.42. The van der Waals surface area contributed by atoms with Gasteiger partial charge in [0.1, 0.15) is 28.7 Å². The lowest BCUT2D eigenvalue weighted by Gasteiger charge is -2.34. The van der Waals surface area contributed by atoms with Gasteiger partial charge in [-0.3, -0.25) is 9.20 Å². The lowest BCUT2D eigenvalue weighted by atomic mass is 9.97. The molecule has 0 bridgehead atoms. The number of likely N-dealkylation sites (tertiary alicyclic amines) is 1. The molecule has 40 heavy (non-hydrogen) atoms. The molecule has 0 spiro atoms. The number of carbonyl (C=O) groups is 1. The Balaban J connectivity index is 1.42. The van der Waals surface area contributed by atoms with Crippen molar-refractivity contribution in [2.24, 2.45) is 0 Å². The molecule has 1 aliphatic heterocycles. The first kappa shape index (κ1) is 27.0. The van der Waals surface area contributed by atoms with Crippen molar-refractivity contribution in [3.63, 3.8) is 0 Å². The lowest BCUT2D eigenvalue weighted by molar-refractivity contribution is -0.137. The zero-order valence-electron chi connectivity index (χ0n) is 21.8. The molecule has 1 saturated heterocycles. The number of imidazole rings is 1. The van der Waals surface area contributed by atoms with Gasteiger partial charge < -0.3 is 20.7 Å². The van der Waals surface area contributed by atoms with E-state index in [4.69, 9.17) is 15.5 Å². The normalized spacial score (nSPS) is 15.7. The van der Waals surface area contributed by atoms with Crippen LogP contribution in [0.25, 0.3) is 16.8 Å². The average Bonchev–Trinajstić information content (AvgIpc) is 3.34. The topological polar surface area (TPSA) is 111 Å². The number of carbonyl (C=O) groups excluding carboxylic acids is 1. The second kappa shape index (κ2) is 10.9. The average molecular weight is 552 g/mol. The number of nitrogen functional groups attached to an aromatic ring is 1. The fourth-order valence-electron chi connectivity index (χ4n) is 4.89. The summed E-state index contributed by atoms with van der Waals surface area (Å²) in [5.41, 5.74) is 7.63. The molecule has 0 saturated carbocycles. The number of fused-ring (bicyclic) bond motifs is 1. The SMILES string of the molecule is C=C(OCC)N1CCC[C@@H](c2nc(-c3ccc(C(=O)Nc4cc(C(F)(F)F)ccn4)cc3)c3c(N)nccn23)C1. The molecule has 4 aromatic rings. The van der Waals surface area contributed by atoms with E-state index in [1.54, 1.807) is 30.5 Å². The fourth-order valence-corrected chi connectivity index (χ4v) is 4.89. The molecule has 3 N–H and O–H groups in total. The number of hydrogen-bond acceptors (Lipinski definition) is 7. The number of nitrogens with one attached hydrogen (secondary N) is 1. The first-order valence-corrected chi connectivity index (χ1v) is 12.8. The highest BCUT2D eigenvalue weighted by atomic mass is 19.4. The Morgan fingerprint density at radius 1 is 1.20 bits per heavy atom. The molecule has 1 aromatic carbocycles. The summed E-state index contributed by atoms with van der Waals surface area (Å²) in [6, 6.07) is 8.22. The summed E-state index contributed by atoms with van der Waals surface area (Å²) in [4.78, 5) is 27.9. The predicted octanol–water partition coefficient (Wildman–Crippen LogP) is 5.33. The number of nitrogens with two attached hydrogens (primary N) is 1. The maximum absolute atomic E-state index is 13.0. The summed E-state index contributed by atoms with van der Waals surface area (Å²) >= 11 is 0. The second-order valence-electron chi connectivity index (χ2n) is 9.42. The number of hydrogen-bond donors (Lipinski definition) is 2. The number of benzene rings is 1. The standard InChI is InChI=1S/C28H28F3N7O2/c1-3-40-17(2)37-13-4-5-20(16-37)26-36-23(24-25(32)34-12-14-38(24)26)18-6-8-19(9-7-18)27(39)35-22-15-21(10-11-33-22)28(29,30)31/h6-12,14-15,20H,2-5,13,16H2,1H3,(H2,32,34)(H,33,35,39)/t20-/m1/s1. The number of nitrogens with zero attached hydrogens (tertiary/aromatic N) is 5. The first-order valence-electron chi connectivity index (χ1n) is 12.8. The van der Waals surface area contributed by atoms with Crippen molar-refractivity contribution >= 4 is 23.1 Å². The van der Waals surface area contributed by atoms with Crippen molar-refractivity contribution in [1.82, 2.24) is 24.3 Å². The Bertz CT molecular complexity index is 1550. The molecule has 1 fully saturated rings. The Morgan fingerprint density at radius 2 is 1.98 bits per heavy atom. The van der Waals surface area contributed by atoms with E-state index in [2.05, 4.69) is 26.8 Å². The molecule has 1 amide bonds. The van der Waals surface area contributed by atoms with Crippen molar-refractivity contribution in [3.8, 4) is 11.3 Å². The number of pyridine rings is 1. The number of rotatable bonds is 7. The van der Waals surface area contributed by atoms with Gasteiger partial charge in [-0.1, -0.05) is 12.1 Å². The Kier molecular flexibility index (Phi) is 7.33. The molecular formula is C28H28F3N7O2. The summed E-state index contributed by atoms with van der Waals surface area (Å²) in [7, 11) is 0. The number of anilines is 2. The third-order valence-electron chi connectivity index (χ3n) is 6.81. The minimum absolute atomic E-state index is 0.0963. The number of alkyl halides is 3. The van der Waals surface area contributed by atoms with E-state index in [0.29, 0.717) is 41.6 Å². The highest BCUT2D eigenvalue weighted by molar-refractivity contribution is 6.04. The van der Waals surface area contributed by atoms with Crippen LogP contribution in [0.2, 0.25) is 0 Å². The molecule has 3 aromatic heterocycles. The molecule has 1 atom stereocenters. The van der Waals surface area contributed by atoms with Crippen molar-refractivity contribution in [2.45, 2.75) is 31.9 Å². The summed E-state index contributed by atoms with van der Waals surface area (Å²) in [5, 5.41) is 2.42. The first-order chi connectivity index (χ1) is 19.2. The Hall–Kier alpha value is -4.61. The molecule has 4 heterocycles. The highest BCUT2D eigenvalue weighted by Gasteiger charge is 2.31. The number of aromatic nitrogens is 4. The van der Waals surface area contributed by atoms with Crippen molar-refractivity contribution in [1.29, 1.82) is 0 Å². The van der Waals surface area contributed by atoms with Gasteiger partial charge >= 0.3 is 6.18 Å². The fraction of sp³-hybridized carbons (Fsp3) is 0.286. The highest BCUT2D eigenvalue weighted by Crippen LogP contribution is 2.35. The molecule has 208 valence electrons. The Morgan fingerprint density at radius 3 is 2.70 bits per heavy atom. The van der Waals surface area contributed by atoms with Gasteiger partial charge in [-0.2, -0.15) is 13.2 Å². The van der Waals surface area contributed by atoms with E-state index < -0.39 is 17.6 Å². The maximum atomic E-state index is 13.0. The van der Waals surface area contributed by atoms with Crippen LogP contribution >= 0.6 is 0 Å². The molecular weight excluding hydrogens is 523 g/mol. The van der Waals surface area contributed by atoms with E-state index in [1.807, 2.05) is 17.5 Å². The van der Waals surface area contributed by atoms with Gasteiger partial charge in [0, 0.05) is 48.7 Å². The Labute approximate surface area is 228 Å². The third-order valence-corrected chi connectivity index (χ3v) is 6.81. The molecule has 0 aliphatic carbocycles. The van der Waals surface area contributed by atoms with E-state index >= 15 is 0 Å². The van der Waals surface area contributed by atoms with Crippen LogP contribution < -0.4 is 11.1 Å². The molecule has 9 nitrogen and oxygen atoms in total. The maximum Gasteiger partial charge on any atom is 0.416 e. The lowest BCUT2D eigenvalue weighted by Crippen LogP contribution is -2.35. The molecule has 12 heteroatoms. The van der Waals surface area contributed by atoms with E-state index in [-0.39, 0.29) is 17.3 Å². The monoisotopic (exact) mass is 551 g/mol. The summed E-state index contributed by atoms with van der Waals surface area (Å²) in [5.74, 6) is 1.11. The summed E-state index contributed by atoms with van der Waals surface area (Å²) in [6.07, 6.45) is 1.80. The zero-order valence-corrected chi connectivity index (χ0v) is 21.8. The van der Waals surface area contributed by atoms with Gasteiger partial charge in [-0.25, -0.2) is 15.0 Å². The van der Waals surface area contributed by atoms with Crippen LogP contribution in [0.15, 0.2) is 67.5 Å². The molecule has 0 radical (unpaired) electrons. The quantitative estimate of drug-likeness (QED) is 0.299. The second-order valence-corrected chi connectivity index (χ2v) is 9.42. The van der Waals surface area contributed by atoms with Crippen molar-refractivity contribution < 1.29 is 22.7 Å². The van der Waals surface area contributed by atoms with Gasteiger partial charge in [0.15, 0.2) is 5.88 Å². The summed E-state index contributed by atoms with van der Waals surface area (Å²) < 4.78 is 46.6. The molecule has 5 rings (SSSR count). The van der Waals surface area contributed by atoms with Crippen LogP contribution in [0.1, 0.15) is 47.4 Å². The van der Waals surface area contributed by atoms with Gasteiger partial charge in [0.25, 0.3) is 5.91 Å². The van der Waals surface area contributed by atoms with Crippen LogP contribution in [0.5, 0.6) is 0 Å². The zero-order chi connectivity index (χ0) is 28.4. The number of halogens is 3. The van der Waals surface area contributed by atoms with Crippen molar-refractivity contribution in [2.75, 3.05) is 30.7 Å². The van der Waals surface area contributed by atoms with Crippen molar-refractivity contribution in [3.05, 3.63) is 84.4 Å². The van der Waals surface area contributed by atoms with Crippen LogP contribution in [0, 0.1) is 0 Å². The predicted molar refractivity (Wildman–Crippen MR) is 144 cm³/mol. The summed E-state index contributed by atoms with van der Waals surface area (Å²) in [6.45, 7) is 8.07. The van der Waals surface area contributed by atoms with E-state index in [9.17, 15) is 18.0 Å². The smallest absolute Gasteiger partial charge is 0.416 e. The van der Waals surface area contributed by atoms with Gasteiger partial charge in [-0.05, 0) is 50.6 Å². The minimum atomic E-state index is -4.54. The van der Waals surface area contributed by atoms with Crippen LogP contribution in [0.4, 0.5) is 24.8 Å². The number of ether oxygens (including phenoxy) is 1. The number of amides is 1. The van der Waals surface area contributed by atoms with Gasteiger partial charge in [0.05, 0.1) is 12.2 Å². The molecule has 1 aliphatic rings. The van der Waals surface area contributed by atoms with Gasteiger partial charge in [-0.15, -0.1) is 0 Å². The minimum Gasteiger partial charge on any atom is -0.480 e. The van der Waals surface area contributed by atoms with Gasteiger partial charge in [0.2, 0.25) is 0 Å². The van der Waals surface area contributed by atoms with E-state index in [0.717, 1.165) is 43.5 Å². The number of piperidine rings is 1. The van der Waals surface area contributed by atoms with E-state index in [1.165, 1.54) is 0 Å². The largest absolute Gasteiger partial charge is 0.480 e. The van der Waals surface area contributed by atoms with Crippen LogP contribution in [-0.4, -0.2) is 49.9 Å².